The van der Waals surface area contributed by atoms with Gasteiger partial charge in [0.25, 0.3) is 0 Å². The summed E-state index contributed by atoms with van der Waals surface area (Å²) in [5.74, 6) is 0. The van der Waals surface area contributed by atoms with E-state index in [0.29, 0.717) is 0 Å². The van der Waals surface area contributed by atoms with Crippen molar-refractivity contribution in [1.29, 1.82) is 0 Å². The quantitative estimate of drug-likeness (QED) is 0.672. The van der Waals surface area contributed by atoms with E-state index in [1.54, 1.807) is 0 Å². The maximum atomic E-state index is 5.64. The number of nitrogens with zero attached hydrogens (tertiary/aromatic N) is 1. The van der Waals surface area contributed by atoms with Crippen LogP contribution in [0.3, 0.4) is 0 Å². The topological polar surface area (TPSA) is 38.4 Å². The molecule has 1 aliphatic heterocycles. The van der Waals surface area contributed by atoms with E-state index >= 15 is 0 Å². The van der Waals surface area contributed by atoms with Crippen LogP contribution in [0.25, 0.3) is 5.57 Å². The van der Waals surface area contributed by atoms with Crippen molar-refractivity contribution < 1.29 is 0 Å². The molecule has 0 fully saturated rings. The molecule has 1 heterocycles. The van der Waals surface area contributed by atoms with Gasteiger partial charge in [0.2, 0.25) is 0 Å². The minimum absolute atomic E-state index is 0.807. The largest absolute Gasteiger partial charge is 0.399 e. The fourth-order valence-electron chi connectivity index (χ4n) is 1.65. The lowest BCUT2D eigenvalue weighted by molar-refractivity contribution is 1.29. The molecule has 0 radical (unpaired) electrons. The van der Waals surface area contributed by atoms with E-state index < -0.39 is 0 Å². The van der Waals surface area contributed by atoms with Crippen LogP contribution in [0.1, 0.15) is 19.4 Å². The Morgan fingerprint density at radius 3 is 2.29 bits per heavy atom. The van der Waals surface area contributed by atoms with Crippen molar-refractivity contribution in [2.24, 2.45) is 4.99 Å². The fraction of sp³-hybridized carbons (Fsp3) is 0.250. The number of benzene rings is 1. The van der Waals surface area contributed by atoms with Gasteiger partial charge in [-0.25, -0.2) is 0 Å². The Kier molecular flexibility index (Phi) is 2.12. The molecule has 0 bridgehead atoms. The zero-order chi connectivity index (χ0) is 10.1. The van der Waals surface area contributed by atoms with Crippen molar-refractivity contribution in [3.8, 4) is 0 Å². The van der Waals surface area contributed by atoms with Gasteiger partial charge in [-0.3, -0.25) is 4.99 Å². The van der Waals surface area contributed by atoms with Gasteiger partial charge in [-0.1, -0.05) is 12.1 Å². The standard InChI is InChI=1S/C12H14N2/c1-8-9(2)14-7-12(8)10-3-5-11(13)6-4-10/h3-6H,7,13H2,1-2H3. The molecule has 0 saturated carbocycles. The van der Waals surface area contributed by atoms with Crippen LogP contribution < -0.4 is 5.73 Å². The Morgan fingerprint density at radius 2 is 1.79 bits per heavy atom. The number of aliphatic imine (C=N–C) groups is 1. The lowest BCUT2D eigenvalue weighted by atomic mass is 10.0. The van der Waals surface area contributed by atoms with Gasteiger partial charge in [0.1, 0.15) is 0 Å². The highest BCUT2D eigenvalue weighted by atomic mass is 14.8. The van der Waals surface area contributed by atoms with Crippen molar-refractivity contribution >= 4 is 17.0 Å². The number of anilines is 1. The highest BCUT2D eigenvalue weighted by Gasteiger charge is 2.12. The minimum Gasteiger partial charge on any atom is -0.399 e. The van der Waals surface area contributed by atoms with Crippen LogP contribution in [-0.4, -0.2) is 12.3 Å². The third kappa shape index (κ3) is 1.43. The van der Waals surface area contributed by atoms with Crippen molar-refractivity contribution in [3.63, 3.8) is 0 Å². The predicted molar refractivity (Wildman–Crippen MR) is 61.4 cm³/mol. The van der Waals surface area contributed by atoms with Gasteiger partial charge in [0.15, 0.2) is 0 Å². The van der Waals surface area contributed by atoms with Crippen LogP contribution in [-0.2, 0) is 0 Å². The highest BCUT2D eigenvalue weighted by Crippen LogP contribution is 2.25. The Bertz CT molecular complexity index is 410. The maximum Gasteiger partial charge on any atom is 0.0652 e. The molecule has 0 aliphatic carbocycles. The maximum absolute atomic E-state index is 5.64. The summed E-state index contributed by atoms with van der Waals surface area (Å²) in [4.78, 5) is 4.41. The smallest absolute Gasteiger partial charge is 0.0652 e. The Morgan fingerprint density at radius 1 is 1.14 bits per heavy atom. The second-order valence-electron chi connectivity index (χ2n) is 3.63. The average molecular weight is 186 g/mol. The second-order valence-corrected chi connectivity index (χ2v) is 3.63. The van der Waals surface area contributed by atoms with E-state index in [1.807, 2.05) is 12.1 Å². The number of allylic oxidation sites excluding steroid dienone is 1. The van der Waals surface area contributed by atoms with E-state index in [-0.39, 0.29) is 0 Å². The molecule has 0 atom stereocenters. The van der Waals surface area contributed by atoms with Crippen LogP contribution >= 0.6 is 0 Å². The zero-order valence-electron chi connectivity index (χ0n) is 8.54. The molecule has 0 unspecified atom stereocenters. The molecule has 2 nitrogen and oxygen atoms in total. The van der Waals surface area contributed by atoms with Gasteiger partial charge in [-0.2, -0.15) is 0 Å². The molecule has 0 saturated heterocycles. The molecule has 14 heavy (non-hydrogen) atoms. The molecule has 0 amide bonds. The normalized spacial score (nSPS) is 16.0. The van der Waals surface area contributed by atoms with Gasteiger partial charge in [-0.05, 0) is 42.7 Å². The number of hydrogen-bond donors (Lipinski definition) is 1. The van der Waals surface area contributed by atoms with Gasteiger partial charge in [0, 0.05) is 11.4 Å². The fourth-order valence-corrected chi connectivity index (χ4v) is 1.65. The highest BCUT2D eigenvalue weighted by molar-refractivity contribution is 6.07. The third-order valence-electron chi connectivity index (χ3n) is 2.73. The summed E-state index contributed by atoms with van der Waals surface area (Å²) in [5.41, 5.74) is 11.5. The first-order valence-corrected chi connectivity index (χ1v) is 4.75. The predicted octanol–water partition coefficient (Wildman–Crippen LogP) is 2.52. The summed E-state index contributed by atoms with van der Waals surface area (Å²) in [6.45, 7) is 4.98. The van der Waals surface area contributed by atoms with Crippen LogP contribution in [0.2, 0.25) is 0 Å². The van der Waals surface area contributed by atoms with Gasteiger partial charge < -0.3 is 5.73 Å². The molecule has 2 N–H and O–H groups in total. The van der Waals surface area contributed by atoms with Crippen LogP contribution in [0.5, 0.6) is 0 Å². The van der Waals surface area contributed by atoms with Gasteiger partial charge in [-0.15, -0.1) is 0 Å². The first-order valence-electron chi connectivity index (χ1n) is 4.75. The Balaban J connectivity index is 2.39. The molecule has 72 valence electrons. The summed E-state index contributed by atoms with van der Waals surface area (Å²) in [6, 6.07) is 7.98. The molecular formula is C12H14N2. The van der Waals surface area contributed by atoms with Crippen LogP contribution in [0.15, 0.2) is 34.8 Å². The number of nitrogens with two attached hydrogens (primary N) is 1. The minimum atomic E-state index is 0.807. The third-order valence-corrected chi connectivity index (χ3v) is 2.73. The zero-order valence-corrected chi connectivity index (χ0v) is 8.54. The average Bonchev–Trinajstić information content (AvgIpc) is 2.50. The summed E-state index contributed by atoms with van der Waals surface area (Å²) in [5, 5.41) is 0. The molecular weight excluding hydrogens is 172 g/mol. The molecule has 1 aliphatic rings. The van der Waals surface area contributed by atoms with Crippen molar-refractivity contribution in [1.82, 2.24) is 0 Å². The van der Waals surface area contributed by atoms with Gasteiger partial charge >= 0.3 is 0 Å². The lowest BCUT2D eigenvalue weighted by Gasteiger charge is -2.04. The summed E-state index contributed by atoms with van der Waals surface area (Å²) >= 11 is 0. The van der Waals surface area contributed by atoms with Crippen molar-refractivity contribution in [2.75, 3.05) is 12.3 Å². The van der Waals surface area contributed by atoms with Crippen LogP contribution in [0, 0.1) is 0 Å². The van der Waals surface area contributed by atoms with E-state index in [0.717, 1.165) is 17.9 Å². The summed E-state index contributed by atoms with van der Waals surface area (Å²) < 4.78 is 0. The monoisotopic (exact) mass is 186 g/mol. The summed E-state index contributed by atoms with van der Waals surface area (Å²) in [7, 11) is 0. The molecule has 2 heteroatoms. The van der Waals surface area contributed by atoms with E-state index in [4.69, 9.17) is 5.73 Å². The lowest BCUT2D eigenvalue weighted by Crippen LogP contribution is -1.92. The first kappa shape index (κ1) is 9.00. The Hall–Kier alpha value is -1.57. The number of hydrogen-bond acceptors (Lipinski definition) is 2. The van der Waals surface area contributed by atoms with Crippen LogP contribution in [0.4, 0.5) is 5.69 Å². The molecule has 2 rings (SSSR count). The first-order chi connectivity index (χ1) is 6.68. The molecule has 1 aromatic rings. The molecule has 0 spiro atoms. The molecule has 0 aromatic heterocycles. The Labute approximate surface area is 84.2 Å². The van der Waals surface area contributed by atoms with Gasteiger partial charge in [0.05, 0.1) is 6.54 Å². The van der Waals surface area contributed by atoms with Crippen molar-refractivity contribution in [2.45, 2.75) is 13.8 Å². The summed E-state index contributed by atoms with van der Waals surface area (Å²) in [6.07, 6.45) is 0. The molecule has 1 aromatic carbocycles. The van der Waals surface area contributed by atoms with E-state index in [2.05, 4.69) is 31.0 Å². The second kappa shape index (κ2) is 3.29. The van der Waals surface area contributed by atoms with E-state index in [9.17, 15) is 0 Å². The number of nitrogen functional groups attached to an aromatic ring is 1. The van der Waals surface area contributed by atoms with Crippen molar-refractivity contribution in [3.05, 3.63) is 35.4 Å². The SMILES string of the molecule is CC1=NCC(c2ccc(N)cc2)=C1C. The number of rotatable bonds is 1. The van der Waals surface area contributed by atoms with E-state index in [1.165, 1.54) is 16.7 Å².